The lowest BCUT2D eigenvalue weighted by Gasteiger charge is -2.23. The highest BCUT2D eigenvalue weighted by atomic mass is 15.3. The highest BCUT2D eigenvalue weighted by molar-refractivity contribution is 6.01. The van der Waals surface area contributed by atoms with E-state index in [2.05, 4.69) is 84.1 Å². The van der Waals surface area contributed by atoms with Crippen LogP contribution in [-0.4, -0.2) is 25.2 Å². The van der Waals surface area contributed by atoms with E-state index in [1.807, 2.05) is 36.5 Å². The number of benzene rings is 3. The molecule has 3 nitrogen and oxygen atoms in total. The summed E-state index contributed by atoms with van der Waals surface area (Å²) in [6.45, 7) is 0. The minimum absolute atomic E-state index is 0.239. The van der Waals surface area contributed by atoms with Gasteiger partial charge in [0.1, 0.15) is 0 Å². The highest BCUT2D eigenvalue weighted by Crippen LogP contribution is 2.35. The molecule has 0 saturated carbocycles. The van der Waals surface area contributed by atoms with Gasteiger partial charge in [-0.15, -0.1) is 0 Å². The average Bonchev–Trinajstić information content (AvgIpc) is 3.19. The number of rotatable bonds is 5. The van der Waals surface area contributed by atoms with Crippen molar-refractivity contribution in [3.63, 3.8) is 0 Å². The number of hydrogen-bond donors (Lipinski definition) is 1. The second-order valence-corrected chi connectivity index (χ2v) is 6.87. The summed E-state index contributed by atoms with van der Waals surface area (Å²) in [5.41, 5.74) is 7.82. The third-order valence-corrected chi connectivity index (χ3v) is 4.91. The zero-order chi connectivity index (χ0) is 18.6. The van der Waals surface area contributed by atoms with E-state index in [4.69, 9.17) is 0 Å². The van der Waals surface area contributed by atoms with Crippen molar-refractivity contribution in [3.8, 4) is 0 Å². The normalized spacial score (nSPS) is 16.1. The molecule has 0 aromatic heterocycles. The first-order valence-corrected chi connectivity index (χ1v) is 9.15. The summed E-state index contributed by atoms with van der Waals surface area (Å²) in [7, 11) is 4.19. The smallest absolute Gasteiger partial charge is 0.0561 e. The number of anilines is 1. The number of fused-ring (bicyclic) bond motifs is 1. The van der Waals surface area contributed by atoms with Gasteiger partial charge in [0, 0.05) is 31.3 Å². The van der Waals surface area contributed by atoms with Crippen LogP contribution in [0.15, 0.2) is 95.8 Å². The van der Waals surface area contributed by atoms with E-state index < -0.39 is 0 Å². The van der Waals surface area contributed by atoms with Gasteiger partial charge in [0.25, 0.3) is 0 Å². The van der Waals surface area contributed by atoms with Gasteiger partial charge in [-0.05, 0) is 34.5 Å². The van der Waals surface area contributed by atoms with Gasteiger partial charge in [0.2, 0.25) is 0 Å². The van der Waals surface area contributed by atoms with Crippen molar-refractivity contribution in [2.75, 3.05) is 19.5 Å². The molecule has 1 unspecified atom stereocenters. The van der Waals surface area contributed by atoms with Crippen molar-refractivity contribution < 1.29 is 0 Å². The van der Waals surface area contributed by atoms with Crippen LogP contribution in [0, 0.1) is 0 Å². The van der Waals surface area contributed by atoms with Crippen LogP contribution in [0.25, 0.3) is 10.8 Å². The third kappa shape index (κ3) is 3.49. The van der Waals surface area contributed by atoms with Gasteiger partial charge in [-0.25, -0.2) is 0 Å². The van der Waals surface area contributed by atoms with E-state index in [9.17, 15) is 0 Å². The van der Waals surface area contributed by atoms with Crippen molar-refractivity contribution in [2.24, 2.45) is 5.10 Å². The van der Waals surface area contributed by atoms with E-state index in [1.54, 1.807) is 0 Å². The van der Waals surface area contributed by atoms with Crippen LogP contribution in [0.2, 0.25) is 0 Å². The molecule has 0 radical (unpaired) electrons. The second kappa shape index (κ2) is 7.50. The number of hydrazone groups is 1. The van der Waals surface area contributed by atoms with Gasteiger partial charge in [-0.3, -0.25) is 5.43 Å². The molecule has 27 heavy (non-hydrogen) atoms. The number of nitrogens with zero attached hydrogens (tertiary/aromatic N) is 2. The van der Waals surface area contributed by atoms with Crippen LogP contribution in [0.4, 0.5) is 5.69 Å². The molecule has 1 N–H and O–H groups in total. The Morgan fingerprint density at radius 2 is 1.70 bits per heavy atom. The summed E-state index contributed by atoms with van der Waals surface area (Å²) >= 11 is 0. The Labute approximate surface area is 160 Å². The Kier molecular flexibility index (Phi) is 4.75. The maximum atomic E-state index is 4.53. The molecule has 3 heteroatoms. The summed E-state index contributed by atoms with van der Waals surface area (Å²) in [5.74, 6) is 0.239. The first-order chi connectivity index (χ1) is 13.2. The second-order valence-electron chi connectivity index (χ2n) is 6.87. The lowest BCUT2D eigenvalue weighted by atomic mass is 9.89. The monoisotopic (exact) mass is 353 g/mol. The predicted octanol–water partition coefficient (Wildman–Crippen LogP) is 5.38. The minimum atomic E-state index is 0.239. The fourth-order valence-corrected chi connectivity index (χ4v) is 3.57. The van der Waals surface area contributed by atoms with E-state index in [0.29, 0.717) is 0 Å². The summed E-state index contributed by atoms with van der Waals surface area (Å²) in [4.78, 5) is 2.18. The lowest BCUT2D eigenvalue weighted by Crippen LogP contribution is -2.16. The van der Waals surface area contributed by atoms with Gasteiger partial charge in [0.05, 0.1) is 11.9 Å². The summed E-state index contributed by atoms with van der Waals surface area (Å²) in [5, 5.41) is 6.97. The van der Waals surface area contributed by atoms with E-state index in [-0.39, 0.29) is 5.92 Å². The topological polar surface area (TPSA) is 27.6 Å². The number of para-hydroxylation sites is 1. The van der Waals surface area contributed by atoms with E-state index >= 15 is 0 Å². The Balaban J connectivity index is 1.77. The molecule has 0 heterocycles. The number of hydrogen-bond acceptors (Lipinski definition) is 3. The standard InChI is InChI=1S/C24H23N3/c1-27(2)24-14-8-13-22(24)21-16-15-18-9-6-7-12-20(18)23(21)17-25-26-19-10-4-3-5-11-19/h3-17,22,26H,1-2H3. The number of allylic oxidation sites excluding steroid dienone is 3. The molecule has 4 rings (SSSR count). The van der Waals surface area contributed by atoms with Crippen LogP contribution in [0.5, 0.6) is 0 Å². The molecule has 0 saturated heterocycles. The first kappa shape index (κ1) is 17.1. The Bertz CT molecular complexity index is 1030. The molecular formula is C24H23N3. The molecule has 134 valence electrons. The van der Waals surface area contributed by atoms with Crippen molar-refractivity contribution >= 4 is 22.7 Å². The predicted molar refractivity (Wildman–Crippen MR) is 115 cm³/mol. The molecular weight excluding hydrogens is 330 g/mol. The van der Waals surface area contributed by atoms with Crippen LogP contribution in [0.1, 0.15) is 17.0 Å². The van der Waals surface area contributed by atoms with E-state index in [1.165, 1.54) is 22.0 Å². The van der Waals surface area contributed by atoms with Gasteiger partial charge in [-0.2, -0.15) is 5.10 Å². The molecule has 1 atom stereocenters. The molecule has 1 aliphatic rings. The Morgan fingerprint density at radius 3 is 2.52 bits per heavy atom. The molecule has 3 aromatic carbocycles. The fraction of sp³-hybridized carbons (Fsp3) is 0.125. The fourth-order valence-electron chi connectivity index (χ4n) is 3.57. The van der Waals surface area contributed by atoms with Crippen molar-refractivity contribution in [1.29, 1.82) is 0 Å². The van der Waals surface area contributed by atoms with Crippen LogP contribution < -0.4 is 5.43 Å². The molecule has 0 spiro atoms. The zero-order valence-corrected chi connectivity index (χ0v) is 15.6. The van der Waals surface area contributed by atoms with Crippen molar-refractivity contribution in [3.05, 3.63) is 102 Å². The van der Waals surface area contributed by atoms with Gasteiger partial charge in [-0.1, -0.05) is 66.7 Å². The van der Waals surface area contributed by atoms with Crippen LogP contribution >= 0.6 is 0 Å². The Morgan fingerprint density at radius 1 is 0.926 bits per heavy atom. The zero-order valence-electron chi connectivity index (χ0n) is 15.6. The third-order valence-electron chi connectivity index (χ3n) is 4.91. The van der Waals surface area contributed by atoms with Crippen LogP contribution in [-0.2, 0) is 0 Å². The molecule has 0 fully saturated rings. The van der Waals surface area contributed by atoms with Gasteiger partial charge >= 0.3 is 0 Å². The Hall–Kier alpha value is -3.33. The SMILES string of the molecule is CN(C)C1=CC=CC1c1ccc2ccccc2c1C=NNc1ccccc1. The van der Waals surface area contributed by atoms with Crippen molar-refractivity contribution in [1.82, 2.24) is 4.90 Å². The quantitative estimate of drug-likeness (QED) is 0.492. The van der Waals surface area contributed by atoms with Gasteiger partial charge < -0.3 is 4.90 Å². The van der Waals surface area contributed by atoms with Crippen molar-refractivity contribution in [2.45, 2.75) is 5.92 Å². The highest BCUT2D eigenvalue weighted by Gasteiger charge is 2.21. The molecule has 0 aliphatic heterocycles. The molecule has 0 bridgehead atoms. The summed E-state index contributed by atoms with van der Waals surface area (Å²) in [6, 6.07) is 22.9. The first-order valence-electron chi connectivity index (χ1n) is 9.15. The van der Waals surface area contributed by atoms with Crippen LogP contribution in [0.3, 0.4) is 0 Å². The van der Waals surface area contributed by atoms with Gasteiger partial charge in [0.15, 0.2) is 0 Å². The minimum Gasteiger partial charge on any atom is -0.380 e. The van der Waals surface area contributed by atoms with E-state index in [0.717, 1.165) is 11.3 Å². The largest absolute Gasteiger partial charge is 0.380 e. The molecule has 3 aromatic rings. The lowest BCUT2D eigenvalue weighted by molar-refractivity contribution is 0.487. The average molecular weight is 353 g/mol. The maximum Gasteiger partial charge on any atom is 0.0561 e. The maximum absolute atomic E-state index is 4.53. The summed E-state index contributed by atoms with van der Waals surface area (Å²) in [6.07, 6.45) is 8.52. The number of nitrogens with one attached hydrogen (secondary N) is 1. The molecule has 0 amide bonds. The summed E-state index contributed by atoms with van der Waals surface area (Å²) < 4.78 is 0. The number of likely N-dealkylation sites (N-methyl/N-ethyl adjacent to an activating group) is 1. The molecule has 1 aliphatic carbocycles.